The third kappa shape index (κ3) is 3.95. The van der Waals surface area contributed by atoms with E-state index in [1.807, 2.05) is 19.9 Å². The van der Waals surface area contributed by atoms with Crippen LogP contribution >= 0.6 is 0 Å². The molecule has 0 fully saturated rings. The van der Waals surface area contributed by atoms with Gasteiger partial charge in [0, 0.05) is 20.1 Å². The molecular formula is C15H20FN3O. The molecule has 0 radical (unpaired) electrons. The molecule has 1 N–H and O–H groups in total. The topological polar surface area (TPSA) is 56.1 Å². The molecule has 0 aliphatic carbocycles. The first-order valence-electron chi connectivity index (χ1n) is 6.63. The van der Waals surface area contributed by atoms with E-state index < -0.39 is 5.82 Å². The molecule has 1 rings (SSSR count). The normalized spacial score (nSPS) is 10.2. The van der Waals surface area contributed by atoms with E-state index in [1.54, 1.807) is 18.0 Å². The Balaban J connectivity index is 3.05. The lowest BCUT2D eigenvalue weighted by Crippen LogP contribution is -2.35. The molecule has 0 bridgehead atoms. The van der Waals surface area contributed by atoms with Crippen LogP contribution in [0.2, 0.25) is 0 Å². The Morgan fingerprint density at radius 2 is 2.20 bits per heavy atom. The highest BCUT2D eigenvalue weighted by Crippen LogP contribution is 2.21. The predicted octanol–water partition coefficient (Wildman–Crippen LogP) is 2.88. The van der Waals surface area contributed by atoms with E-state index in [0.717, 1.165) is 0 Å². The van der Waals surface area contributed by atoms with Crippen LogP contribution in [0, 0.1) is 23.1 Å². The van der Waals surface area contributed by atoms with Crippen LogP contribution in [0.25, 0.3) is 0 Å². The molecule has 1 aromatic rings. The fourth-order valence-electron chi connectivity index (χ4n) is 2.03. The van der Waals surface area contributed by atoms with E-state index in [1.165, 1.54) is 12.1 Å². The van der Waals surface area contributed by atoms with Crippen LogP contribution in [0.1, 0.15) is 30.6 Å². The van der Waals surface area contributed by atoms with Crippen molar-refractivity contribution in [1.82, 2.24) is 4.90 Å². The van der Waals surface area contributed by atoms with Gasteiger partial charge in [-0.2, -0.15) is 5.26 Å². The largest absolute Gasteiger partial charge is 0.385 e. The van der Waals surface area contributed by atoms with Gasteiger partial charge in [0.2, 0.25) is 0 Å². The van der Waals surface area contributed by atoms with Gasteiger partial charge in [0.1, 0.15) is 5.82 Å². The van der Waals surface area contributed by atoms with Gasteiger partial charge < -0.3 is 10.2 Å². The molecule has 108 valence electrons. The number of amides is 1. The minimum Gasteiger partial charge on any atom is -0.385 e. The van der Waals surface area contributed by atoms with Gasteiger partial charge >= 0.3 is 0 Å². The van der Waals surface area contributed by atoms with Crippen LogP contribution in [0.3, 0.4) is 0 Å². The van der Waals surface area contributed by atoms with E-state index in [-0.39, 0.29) is 23.9 Å². The summed E-state index contributed by atoms with van der Waals surface area (Å²) in [5, 5.41) is 11.4. The van der Waals surface area contributed by atoms with Gasteiger partial charge in [0.15, 0.2) is 0 Å². The Bertz CT molecular complexity index is 508. The second-order valence-electron chi connectivity index (χ2n) is 4.97. The van der Waals surface area contributed by atoms with Crippen LogP contribution in [-0.4, -0.2) is 30.9 Å². The van der Waals surface area contributed by atoms with E-state index >= 15 is 0 Å². The zero-order valence-electron chi connectivity index (χ0n) is 12.1. The summed E-state index contributed by atoms with van der Waals surface area (Å²) in [6, 6.07) is 6.45. The molecule has 0 saturated heterocycles. The van der Waals surface area contributed by atoms with E-state index in [4.69, 9.17) is 5.26 Å². The molecule has 0 aliphatic rings. The van der Waals surface area contributed by atoms with Crippen LogP contribution in [0.4, 0.5) is 10.1 Å². The molecular weight excluding hydrogens is 257 g/mol. The smallest absolute Gasteiger partial charge is 0.256 e. The van der Waals surface area contributed by atoms with Crippen LogP contribution < -0.4 is 5.32 Å². The van der Waals surface area contributed by atoms with Crippen molar-refractivity contribution in [3.63, 3.8) is 0 Å². The maximum absolute atomic E-state index is 13.7. The van der Waals surface area contributed by atoms with Gasteiger partial charge in [-0.15, -0.1) is 0 Å². The molecule has 0 aliphatic heterocycles. The minimum atomic E-state index is -0.455. The van der Waals surface area contributed by atoms with E-state index in [2.05, 4.69) is 5.32 Å². The molecule has 0 spiro atoms. The SMILES string of the molecule is CNc1c(F)cccc1C(=O)N(CCC#N)CC(C)C. The summed E-state index contributed by atoms with van der Waals surface area (Å²) in [4.78, 5) is 14.1. The van der Waals surface area contributed by atoms with Gasteiger partial charge in [-0.1, -0.05) is 19.9 Å². The Morgan fingerprint density at radius 1 is 1.50 bits per heavy atom. The molecule has 4 nitrogen and oxygen atoms in total. The van der Waals surface area contributed by atoms with Crippen LogP contribution in [-0.2, 0) is 0 Å². The van der Waals surface area contributed by atoms with Crippen molar-refractivity contribution in [2.45, 2.75) is 20.3 Å². The van der Waals surface area contributed by atoms with E-state index in [0.29, 0.717) is 18.7 Å². The predicted molar refractivity (Wildman–Crippen MR) is 76.9 cm³/mol. The lowest BCUT2D eigenvalue weighted by Gasteiger charge is -2.24. The van der Waals surface area contributed by atoms with Gasteiger partial charge in [0.25, 0.3) is 5.91 Å². The van der Waals surface area contributed by atoms with Crippen molar-refractivity contribution in [1.29, 1.82) is 5.26 Å². The summed E-state index contributed by atoms with van der Waals surface area (Å²) in [6.07, 6.45) is 0.267. The van der Waals surface area contributed by atoms with E-state index in [9.17, 15) is 9.18 Å². The Kier molecular flexibility index (Phi) is 5.98. The van der Waals surface area contributed by atoms with Crippen molar-refractivity contribution in [3.8, 4) is 6.07 Å². The number of halogens is 1. The zero-order valence-corrected chi connectivity index (χ0v) is 12.1. The first kappa shape index (κ1) is 16.0. The molecule has 0 heterocycles. The number of anilines is 1. The van der Waals surface area contributed by atoms with Crippen molar-refractivity contribution >= 4 is 11.6 Å². The zero-order chi connectivity index (χ0) is 15.1. The van der Waals surface area contributed by atoms with Crippen molar-refractivity contribution < 1.29 is 9.18 Å². The molecule has 5 heteroatoms. The van der Waals surface area contributed by atoms with Gasteiger partial charge in [0.05, 0.1) is 23.7 Å². The summed E-state index contributed by atoms with van der Waals surface area (Å²) in [5.74, 6) is -0.426. The lowest BCUT2D eigenvalue weighted by atomic mass is 10.1. The van der Waals surface area contributed by atoms with Gasteiger partial charge in [-0.05, 0) is 18.1 Å². The lowest BCUT2D eigenvalue weighted by molar-refractivity contribution is 0.0740. The van der Waals surface area contributed by atoms with Crippen molar-refractivity contribution in [2.24, 2.45) is 5.92 Å². The maximum Gasteiger partial charge on any atom is 0.256 e. The number of benzene rings is 1. The molecule has 0 saturated carbocycles. The highest BCUT2D eigenvalue weighted by molar-refractivity contribution is 5.99. The molecule has 0 unspecified atom stereocenters. The molecule has 20 heavy (non-hydrogen) atoms. The third-order valence-corrected chi connectivity index (χ3v) is 2.86. The second kappa shape index (κ2) is 7.49. The summed E-state index contributed by atoms with van der Waals surface area (Å²) < 4.78 is 13.7. The second-order valence-corrected chi connectivity index (χ2v) is 4.97. The number of nitriles is 1. The van der Waals surface area contributed by atoms with Gasteiger partial charge in [-0.25, -0.2) is 4.39 Å². The average Bonchev–Trinajstić information content (AvgIpc) is 2.42. The highest BCUT2D eigenvalue weighted by Gasteiger charge is 2.20. The number of carbonyl (C=O) groups is 1. The minimum absolute atomic E-state index is 0.197. The van der Waals surface area contributed by atoms with Crippen molar-refractivity contribution in [3.05, 3.63) is 29.6 Å². The average molecular weight is 277 g/mol. The monoisotopic (exact) mass is 277 g/mol. The number of nitrogens with zero attached hydrogens (tertiary/aromatic N) is 2. The Labute approximate surface area is 119 Å². The molecule has 1 amide bonds. The molecule has 0 atom stereocenters. The number of carbonyl (C=O) groups excluding carboxylic acids is 1. The summed E-state index contributed by atoms with van der Waals surface area (Å²) in [6.45, 7) is 4.89. The molecule has 1 aromatic carbocycles. The van der Waals surface area contributed by atoms with Crippen LogP contribution in [0.5, 0.6) is 0 Å². The summed E-state index contributed by atoms with van der Waals surface area (Å²) in [7, 11) is 1.58. The fraction of sp³-hybridized carbons (Fsp3) is 0.467. The van der Waals surface area contributed by atoms with Crippen molar-refractivity contribution in [2.75, 3.05) is 25.5 Å². The first-order chi connectivity index (χ1) is 9.51. The maximum atomic E-state index is 13.7. The van der Waals surface area contributed by atoms with Crippen LogP contribution in [0.15, 0.2) is 18.2 Å². The number of hydrogen-bond donors (Lipinski definition) is 1. The standard InChI is InChI=1S/C15H20FN3O/c1-11(2)10-19(9-5-8-17)15(20)12-6-4-7-13(16)14(12)18-3/h4,6-7,11,18H,5,9-10H2,1-3H3. The Morgan fingerprint density at radius 3 is 2.75 bits per heavy atom. The summed E-state index contributed by atoms with van der Waals surface area (Å²) in [5.41, 5.74) is 0.495. The highest BCUT2D eigenvalue weighted by atomic mass is 19.1. The number of nitrogens with one attached hydrogen (secondary N) is 1. The Hall–Kier alpha value is -2.09. The number of hydrogen-bond acceptors (Lipinski definition) is 3. The molecule has 0 aromatic heterocycles. The third-order valence-electron chi connectivity index (χ3n) is 2.86. The fourth-order valence-corrected chi connectivity index (χ4v) is 2.03. The number of para-hydroxylation sites is 1. The number of rotatable bonds is 6. The summed E-state index contributed by atoms with van der Waals surface area (Å²) >= 11 is 0. The van der Waals surface area contributed by atoms with Gasteiger partial charge in [-0.3, -0.25) is 4.79 Å². The quantitative estimate of drug-likeness (QED) is 0.870. The first-order valence-corrected chi connectivity index (χ1v) is 6.63.